The van der Waals surface area contributed by atoms with Crippen LogP contribution in [0.5, 0.6) is 0 Å². The molecule has 2 N–H and O–H groups in total. The fraction of sp³-hybridized carbons (Fsp3) is 0.333. The summed E-state index contributed by atoms with van der Waals surface area (Å²) in [4.78, 5) is 15.6. The number of rotatable bonds is 1. The van der Waals surface area contributed by atoms with Crippen molar-refractivity contribution in [1.82, 2.24) is 9.97 Å². The number of aromatic amines is 2. The molecule has 4 heteroatoms. The number of H-pyrrole nitrogens is 2. The van der Waals surface area contributed by atoms with Gasteiger partial charge in [0, 0.05) is 5.69 Å². The van der Waals surface area contributed by atoms with Crippen molar-refractivity contribution in [1.29, 1.82) is 5.26 Å². The fourth-order valence-electron chi connectivity index (χ4n) is 0.764. The Balaban J connectivity index is 3.06. The highest BCUT2D eigenvalue weighted by Gasteiger charge is 1.99. The van der Waals surface area contributed by atoms with E-state index < -0.39 is 0 Å². The predicted octanol–water partition coefficient (Wildman–Crippen LogP) is 0.0775. The number of nitriles is 1. The molecule has 0 saturated heterocycles. The highest BCUT2D eigenvalue weighted by molar-refractivity contribution is 5.12. The molecule has 0 aliphatic heterocycles. The second kappa shape index (κ2) is 2.40. The summed E-state index contributed by atoms with van der Waals surface area (Å²) >= 11 is 0. The maximum absolute atomic E-state index is 10.6. The van der Waals surface area contributed by atoms with Gasteiger partial charge in [0.05, 0.1) is 18.2 Å². The number of aryl methyl sites for hydroxylation is 1. The second-order valence-electron chi connectivity index (χ2n) is 2.02. The van der Waals surface area contributed by atoms with Gasteiger partial charge in [0.2, 0.25) is 0 Å². The van der Waals surface area contributed by atoms with Gasteiger partial charge in [-0.1, -0.05) is 0 Å². The van der Waals surface area contributed by atoms with Crippen LogP contribution >= 0.6 is 0 Å². The van der Waals surface area contributed by atoms with Crippen LogP contribution in [0.1, 0.15) is 11.4 Å². The molecule has 0 saturated carbocycles. The number of imidazole rings is 1. The van der Waals surface area contributed by atoms with Crippen LogP contribution in [-0.4, -0.2) is 9.97 Å². The van der Waals surface area contributed by atoms with Crippen molar-refractivity contribution in [3.8, 4) is 6.07 Å². The lowest BCUT2D eigenvalue weighted by Gasteiger charge is -1.85. The van der Waals surface area contributed by atoms with E-state index in [1.165, 1.54) is 0 Å². The third-order valence-corrected chi connectivity index (χ3v) is 1.27. The molecule has 0 amide bonds. The molecule has 4 nitrogen and oxygen atoms in total. The molecule has 0 spiro atoms. The minimum Gasteiger partial charge on any atom is -0.310 e. The van der Waals surface area contributed by atoms with Crippen molar-refractivity contribution < 1.29 is 0 Å². The Hall–Kier alpha value is -1.50. The van der Waals surface area contributed by atoms with Crippen LogP contribution in [-0.2, 0) is 6.42 Å². The standard InChI is InChI=1S/C6H7N3O/c1-4-5(2-3-7)9-6(10)8-4/h2H2,1H3,(H2,8,9,10). The highest BCUT2D eigenvalue weighted by Crippen LogP contribution is 1.96. The van der Waals surface area contributed by atoms with Crippen LogP contribution in [0.2, 0.25) is 0 Å². The molecule has 52 valence electrons. The molecule has 1 heterocycles. The molecule has 0 atom stereocenters. The quantitative estimate of drug-likeness (QED) is 0.575. The van der Waals surface area contributed by atoms with Crippen molar-refractivity contribution in [3.63, 3.8) is 0 Å². The first-order valence-electron chi connectivity index (χ1n) is 2.88. The molecule has 0 aromatic carbocycles. The third-order valence-electron chi connectivity index (χ3n) is 1.27. The summed E-state index contributed by atoms with van der Waals surface area (Å²) in [5, 5.41) is 8.27. The summed E-state index contributed by atoms with van der Waals surface area (Å²) in [6, 6.07) is 1.95. The van der Waals surface area contributed by atoms with Crippen LogP contribution in [0.3, 0.4) is 0 Å². The molecule has 1 aromatic rings. The Labute approximate surface area is 57.5 Å². The van der Waals surface area contributed by atoms with Gasteiger partial charge in [-0.15, -0.1) is 0 Å². The summed E-state index contributed by atoms with van der Waals surface area (Å²) in [6.45, 7) is 1.75. The zero-order chi connectivity index (χ0) is 7.56. The normalized spacial score (nSPS) is 9.20. The van der Waals surface area contributed by atoms with E-state index in [4.69, 9.17) is 5.26 Å². The SMILES string of the molecule is Cc1[nH]c(=O)[nH]c1CC#N. The third kappa shape index (κ3) is 1.08. The van der Waals surface area contributed by atoms with Crippen LogP contribution in [0.15, 0.2) is 4.79 Å². The molecule has 0 unspecified atom stereocenters. The molecule has 0 aliphatic rings. The van der Waals surface area contributed by atoms with Crippen molar-refractivity contribution in [2.75, 3.05) is 0 Å². The summed E-state index contributed by atoms with van der Waals surface area (Å²) in [6.07, 6.45) is 0.255. The van der Waals surface area contributed by atoms with E-state index in [1.54, 1.807) is 6.92 Å². The lowest BCUT2D eigenvalue weighted by molar-refractivity contribution is 1.11. The molecule has 0 aliphatic carbocycles. The van der Waals surface area contributed by atoms with E-state index in [0.29, 0.717) is 5.69 Å². The van der Waals surface area contributed by atoms with E-state index in [9.17, 15) is 4.79 Å². The van der Waals surface area contributed by atoms with E-state index in [2.05, 4.69) is 9.97 Å². The monoisotopic (exact) mass is 137 g/mol. The Kier molecular flexibility index (Phi) is 1.59. The average Bonchev–Trinajstić information content (AvgIpc) is 2.13. The van der Waals surface area contributed by atoms with Gasteiger partial charge in [0.25, 0.3) is 0 Å². The molecular formula is C6H7N3O. The highest BCUT2D eigenvalue weighted by atomic mass is 16.1. The lowest BCUT2D eigenvalue weighted by Crippen LogP contribution is -2.00. The minimum absolute atomic E-state index is 0.247. The first kappa shape index (κ1) is 6.62. The van der Waals surface area contributed by atoms with Crippen molar-refractivity contribution in [2.24, 2.45) is 0 Å². The van der Waals surface area contributed by atoms with Crippen LogP contribution in [0, 0.1) is 18.3 Å². The van der Waals surface area contributed by atoms with E-state index in [0.717, 1.165) is 5.69 Å². The topological polar surface area (TPSA) is 72.4 Å². The largest absolute Gasteiger partial charge is 0.323 e. The van der Waals surface area contributed by atoms with Crippen molar-refractivity contribution in [2.45, 2.75) is 13.3 Å². The van der Waals surface area contributed by atoms with Crippen molar-refractivity contribution in [3.05, 3.63) is 21.9 Å². The Morgan fingerprint density at radius 1 is 1.60 bits per heavy atom. The van der Waals surface area contributed by atoms with Gasteiger partial charge in [0.1, 0.15) is 0 Å². The van der Waals surface area contributed by atoms with Gasteiger partial charge < -0.3 is 9.97 Å². The first-order chi connectivity index (χ1) is 4.74. The maximum atomic E-state index is 10.6. The smallest absolute Gasteiger partial charge is 0.310 e. The van der Waals surface area contributed by atoms with E-state index >= 15 is 0 Å². The van der Waals surface area contributed by atoms with Crippen LogP contribution < -0.4 is 5.69 Å². The van der Waals surface area contributed by atoms with Gasteiger partial charge in [-0.2, -0.15) is 5.26 Å². The Morgan fingerprint density at radius 3 is 2.70 bits per heavy atom. The summed E-state index contributed by atoms with van der Waals surface area (Å²) in [7, 11) is 0. The fourth-order valence-corrected chi connectivity index (χ4v) is 0.764. The molecule has 10 heavy (non-hydrogen) atoms. The van der Waals surface area contributed by atoms with Crippen molar-refractivity contribution >= 4 is 0 Å². The Bertz CT molecular complexity index is 314. The predicted molar refractivity (Wildman–Crippen MR) is 35.5 cm³/mol. The number of hydrogen-bond acceptors (Lipinski definition) is 2. The molecule has 0 radical (unpaired) electrons. The first-order valence-corrected chi connectivity index (χ1v) is 2.88. The van der Waals surface area contributed by atoms with Crippen LogP contribution in [0.4, 0.5) is 0 Å². The zero-order valence-corrected chi connectivity index (χ0v) is 5.56. The lowest BCUT2D eigenvalue weighted by atomic mass is 10.3. The second-order valence-corrected chi connectivity index (χ2v) is 2.02. The maximum Gasteiger partial charge on any atom is 0.323 e. The molecule has 0 bridgehead atoms. The molecule has 0 fully saturated rings. The summed E-state index contributed by atoms with van der Waals surface area (Å²) in [5.41, 5.74) is 1.17. The van der Waals surface area contributed by atoms with Gasteiger partial charge in [0.15, 0.2) is 0 Å². The van der Waals surface area contributed by atoms with Gasteiger partial charge in [-0.05, 0) is 6.92 Å². The van der Waals surface area contributed by atoms with E-state index in [-0.39, 0.29) is 12.1 Å². The Morgan fingerprint density at radius 2 is 2.30 bits per heavy atom. The molecule has 1 aromatic heterocycles. The summed E-state index contributed by atoms with van der Waals surface area (Å²) < 4.78 is 0. The molecular weight excluding hydrogens is 130 g/mol. The zero-order valence-electron chi connectivity index (χ0n) is 5.56. The van der Waals surface area contributed by atoms with E-state index in [1.807, 2.05) is 6.07 Å². The summed E-state index contributed by atoms with van der Waals surface area (Å²) in [5.74, 6) is 0. The number of hydrogen-bond donors (Lipinski definition) is 2. The molecule has 1 rings (SSSR count). The number of aromatic nitrogens is 2. The number of nitrogens with one attached hydrogen (secondary N) is 2. The van der Waals surface area contributed by atoms with Gasteiger partial charge >= 0.3 is 5.69 Å². The number of nitrogens with zero attached hydrogens (tertiary/aromatic N) is 1. The van der Waals surface area contributed by atoms with Gasteiger partial charge in [-0.3, -0.25) is 0 Å². The average molecular weight is 137 g/mol. The minimum atomic E-state index is -0.247. The van der Waals surface area contributed by atoms with Crippen LogP contribution in [0.25, 0.3) is 0 Å². The van der Waals surface area contributed by atoms with Gasteiger partial charge in [-0.25, -0.2) is 4.79 Å².